The molecule has 0 amide bonds. The van der Waals surface area contributed by atoms with Crippen LogP contribution < -0.4 is 14.1 Å². The summed E-state index contributed by atoms with van der Waals surface area (Å²) in [5, 5.41) is 10.4. The van der Waals surface area contributed by atoms with Crippen molar-refractivity contribution in [2.45, 2.75) is 25.2 Å². The van der Waals surface area contributed by atoms with Gasteiger partial charge in [-0.25, -0.2) is 21.6 Å². The van der Waals surface area contributed by atoms with E-state index in [0.717, 1.165) is 10.6 Å². The molecule has 1 aromatic carbocycles. The minimum Gasteiger partial charge on any atom is -0.550 e. The number of nitrogens with one attached hydrogen (secondary N) is 1. The highest BCUT2D eigenvalue weighted by molar-refractivity contribution is 7.92. The summed E-state index contributed by atoms with van der Waals surface area (Å²) in [6.45, 7) is 2.93. The summed E-state index contributed by atoms with van der Waals surface area (Å²) in [5.41, 5.74) is 1.26. The lowest BCUT2D eigenvalue weighted by Gasteiger charge is -2.21. The Bertz CT molecular complexity index is 815. The Kier molecular flexibility index (Phi) is 5.78. The molecule has 0 spiro atoms. The van der Waals surface area contributed by atoms with Crippen LogP contribution in [0.1, 0.15) is 17.5 Å². The molecule has 23 heavy (non-hydrogen) atoms. The molecular formula is C13H19N2O6S2-. The molecule has 0 aliphatic carbocycles. The zero-order chi connectivity index (χ0) is 18.0. The monoisotopic (exact) mass is 363 g/mol. The second-order valence-electron chi connectivity index (χ2n) is 5.15. The lowest BCUT2D eigenvalue weighted by Crippen LogP contribution is -2.31. The van der Waals surface area contributed by atoms with Crippen molar-refractivity contribution >= 4 is 31.7 Å². The van der Waals surface area contributed by atoms with E-state index in [9.17, 15) is 26.7 Å². The van der Waals surface area contributed by atoms with E-state index < -0.39 is 32.4 Å². The van der Waals surface area contributed by atoms with Gasteiger partial charge in [0.2, 0.25) is 20.0 Å². The fraction of sp³-hybridized carbons (Fsp3) is 0.462. The highest BCUT2D eigenvalue weighted by atomic mass is 32.2. The summed E-state index contributed by atoms with van der Waals surface area (Å²) in [6.07, 6.45) is 0.554. The molecule has 1 rings (SSSR count). The summed E-state index contributed by atoms with van der Waals surface area (Å²) >= 11 is 0. The first-order valence-electron chi connectivity index (χ1n) is 6.61. The Morgan fingerprint density at radius 3 is 2.22 bits per heavy atom. The van der Waals surface area contributed by atoms with Crippen molar-refractivity contribution in [2.75, 3.05) is 24.2 Å². The number of nitrogens with zero attached hydrogens (tertiary/aromatic N) is 1. The van der Waals surface area contributed by atoms with Gasteiger partial charge in [-0.3, -0.25) is 4.31 Å². The Hall–Kier alpha value is -1.65. The summed E-state index contributed by atoms with van der Waals surface area (Å²) in [5.74, 6) is -1.37. The van der Waals surface area contributed by atoms with Gasteiger partial charge in [0, 0.05) is 26.0 Å². The Morgan fingerprint density at radius 1 is 1.17 bits per heavy atom. The fourth-order valence-corrected chi connectivity index (χ4v) is 3.82. The number of aryl methyl sites for hydroxylation is 2. The summed E-state index contributed by atoms with van der Waals surface area (Å²) in [6, 6.07) is 2.82. The molecule has 1 aromatic rings. The van der Waals surface area contributed by atoms with Crippen LogP contribution in [0.2, 0.25) is 0 Å². The Balaban J connectivity index is 3.29. The third-order valence-corrected chi connectivity index (χ3v) is 6.04. The average Bonchev–Trinajstić information content (AvgIpc) is 2.35. The molecule has 0 atom stereocenters. The highest BCUT2D eigenvalue weighted by Crippen LogP contribution is 2.27. The second-order valence-corrected chi connectivity index (χ2v) is 8.90. The molecule has 0 unspecified atom stereocenters. The Morgan fingerprint density at radius 2 is 1.74 bits per heavy atom. The van der Waals surface area contributed by atoms with Gasteiger partial charge in [0.1, 0.15) is 0 Å². The van der Waals surface area contributed by atoms with Crippen molar-refractivity contribution in [2.24, 2.45) is 0 Å². The van der Waals surface area contributed by atoms with Gasteiger partial charge in [0.05, 0.1) is 16.8 Å². The minimum absolute atomic E-state index is 0.105. The molecule has 0 radical (unpaired) electrons. The molecule has 0 saturated heterocycles. The van der Waals surface area contributed by atoms with Crippen LogP contribution in [0.4, 0.5) is 5.69 Å². The number of hydrogen-bond donors (Lipinski definition) is 1. The van der Waals surface area contributed by atoms with Gasteiger partial charge in [-0.15, -0.1) is 0 Å². The number of aliphatic carboxylic acids is 1. The molecular weight excluding hydrogens is 344 g/mol. The van der Waals surface area contributed by atoms with Gasteiger partial charge in [-0.2, -0.15) is 0 Å². The van der Waals surface area contributed by atoms with Crippen LogP contribution in [0, 0.1) is 13.8 Å². The van der Waals surface area contributed by atoms with Gasteiger partial charge in [0.25, 0.3) is 0 Å². The van der Waals surface area contributed by atoms with Crippen LogP contribution in [0.25, 0.3) is 0 Å². The molecule has 0 bridgehead atoms. The Labute approximate surface area is 136 Å². The second kappa shape index (κ2) is 6.85. The van der Waals surface area contributed by atoms with E-state index in [2.05, 4.69) is 4.72 Å². The first-order valence-corrected chi connectivity index (χ1v) is 9.94. The van der Waals surface area contributed by atoms with Crippen LogP contribution in [-0.4, -0.2) is 42.7 Å². The fourth-order valence-electron chi connectivity index (χ4n) is 1.99. The quantitative estimate of drug-likeness (QED) is 0.671. The van der Waals surface area contributed by atoms with Crippen LogP contribution in [0.5, 0.6) is 0 Å². The number of carbonyl (C=O) groups excluding carboxylic acids is 1. The maximum Gasteiger partial charge on any atom is 0.240 e. The van der Waals surface area contributed by atoms with E-state index in [0.29, 0.717) is 11.1 Å². The molecule has 0 aromatic heterocycles. The third kappa shape index (κ3) is 4.91. The van der Waals surface area contributed by atoms with Crippen LogP contribution in [0.15, 0.2) is 17.0 Å². The molecule has 10 heteroatoms. The summed E-state index contributed by atoms with van der Waals surface area (Å²) in [7, 11) is -6.19. The number of benzene rings is 1. The molecule has 0 heterocycles. The van der Waals surface area contributed by atoms with E-state index in [4.69, 9.17) is 0 Å². The predicted molar refractivity (Wildman–Crippen MR) is 84.0 cm³/mol. The lowest BCUT2D eigenvalue weighted by molar-refractivity contribution is -0.305. The molecule has 130 valence electrons. The molecule has 0 aliphatic heterocycles. The van der Waals surface area contributed by atoms with E-state index in [1.54, 1.807) is 19.9 Å². The minimum atomic E-state index is -3.97. The molecule has 8 nitrogen and oxygen atoms in total. The number of carbonyl (C=O) groups is 1. The number of anilines is 1. The molecule has 0 fully saturated rings. The maximum absolute atomic E-state index is 12.3. The third-order valence-electron chi connectivity index (χ3n) is 3.24. The first kappa shape index (κ1) is 19.4. The van der Waals surface area contributed by atoms with E-state index in [-0.39, 0.29) is 17.1 Å². The molecule has 0 saturated carbocycles. The summed E-state index contributed by atoms with van der Waals surface area (Å²) in [4.78, 5) is 10.3. The van der Waals surface area contributed by atoms with E-state index in [1.165, 1.54) is 13.1 Å². The van der Waals surface area contributed by atoms with Crippen LogP contribution in [-0.2, 0) is 24.8 Å². The average molecular weight is 363 g/mol. The molecule has 1 N–H and O–H groups in total. The molecule has 0 aliphatic rings. The zero-order valence-corrected chi connectivity index (χ0v) is 14.9. The number of rotatable bonds is 7. The number of sulfonamides is 2. The topological polar surface area (TPSA) is 124 Å². The van der Waals surface area contributed by atoms with E-state index in [1.807, 2.05) is 0 Å². The van der Waals surface area contributed by atoms with Gasteiger partial charge in [0.15, 0.2) is 0 Å². The SMILES string of the molecule is Cc1cc(C)c(S(=O)(=O)NCCC(=O)[O-])cc1N(C)S(C)(=O)=O. The van der Waals surface area contributed by atoms with Gasteiger partial charge in [-0.1, -0.05) is 6.07 Å². The standard InChI is InChI=1S/C13H20N2O6S2/c1-9-7-10(2)12(8-11(9)15(3)22(4,18)19)23(20,21)14-6-5-13(16)17/h7-8,14H,5-6H2,1-4H3,(H,16,17)/p-1. The largest absolute Gasteiger partial charge is 0.550 e. The van der Waals surface area contributed by atoms with Crippen molar-refractivity contribution in [3.05, 3.63) is 23.3 Å². The predicted octanol–water partition coefficient (Wildman–Crippen LogP) is -0.882. The van der Waals surface area contributed by atoms with Gasteiger partial charge in [-0.05, 0) is 31.0 Å². The number of hydrogen-bond acceptors (Lipinski definition) is 6. The van der Waals surface area contributed by atoms with Gasteiger partial charge >= 0.3 is 0 Å². The van der Waals surface area contributed by atoms with E-state index >= 15 is 0 Å². The van der Waals surface area contributed by atoms with Crippen molar-refractivity contribution in [1.29, 1.82) is 0 Å². The maximum atomic E-state index is 12.3. The highest BCUT2D eigenvalue weighted by Gasteiger charge is 2.22. The zero-order valence-electron chi connectivity index (χ0n) is 13.3. The van der Waals surface area contributed by atoms with Crippen molar-refractivity contribution in [3.8, 4) is 0 Å². The van der Waals surface area contributed by atoms with Crippen LogP contribution >= 0.6 is 0 Å². The summed E-state index contributed by atoms with van der Waals surface area (Å²) < 4.78 is 51.0. The number of carboxylic acid groups (broad SMARTS) is 1. The first-order chi connectivity index (χ1) is 10.4. The number of carboxylic acids is 1. The van der Waals surface area contributed by atoms with Crippen LogP contribution in [0.3, 0.4) is 0 Å². The van der Waals surface area contributed by atoms with Crippen molar-refractivity contribution in [3.63, 3.8) is 0 Å². The normalized spacial score (nSPS) is 12.2. The van der Waals surface area contributed by atoms with Crippen molar-refractivity contribution in [1.82, 2.24) is 4.72 Å². The van der Waals surface area contributed by atoms with Crippen molar-refractivity contribution < 1.29 is 26.7 Å². The lowest BCUT2D eigenvalue weighted by atomic mass is 10.1. The smallest absolute Gasteiger partial charge is 0.240 e. The van der Waals surface area contributed by atoms with Gasteiger partial charge < -0.3 is 9.90 Å².